The van der Waals surface area contributed by atoms with Gasteiger partial charge in [-0.3, -0.25) is 0 Å². The van der Waals surface area contributed by atoms with Crippen molar-refractivity contribution in [3.63, 3.8) is 0 Å². The topological polar surface area (TPSA) is 40.5 Å². The fraction of sp³-hybridized carbons (Fsp3) is 0.500. The van der Waals surface area contributed by atoms with E-state index in [0.29, 0.717) is 0 Å². The third kappa shape index (κ3) is 11.9. The SMILES string of the molecule is CC1=C(/C=C/C(C)=C/C=C/C(C)=C/C=C/C=C(\C)CC/C=C(C)/C=C/C2=C(C)C[C@H](O)CC2(C)C)C(C)(C)C[C@@H](O)C1. The van der Waals surface area contributed by atoms with Gasteiger partial charge < -0.3 is 10.2 Å². The molecule has 0 saturated heterocycles. The Morgan fingerprint density at radius 2 is 1.12 bits per heavy atom. The number of allylic oxidation sites excluding steroid dienone is 18. The summed E-state index contributed by atoms with van der Waals surface area (Å²) >= 11 is 0. The van der Waals surface area contributed by atoms with Gasteiger partial charge in [-0.1, -0.05) is 134 Å². The molecule has 0 aromatic rings. The van der Waals surface area contributed by atoms with Crippen LogP contribution in [0.2, 0.25) is 0 Å². The van der Waals surface area contributed by atoms with Crippen molar-refractivity contribution in [3.05, 3.63) is 117 Å². The lowest BCUT2D eigenvalue weighted by Crippen LogP contribution is -2.28. The Hall–Kier alpha value is -2.68. The molecule has 2 rings (SSSR count). The minimum absolute atomic E-state index is 0.00964. The summed E-state index contributed by atoms with van der Waals surface area (Å²) in [6, 6.07) is 0. The molecule has 0 saturated carbocycles. The Kier molecular flexibility index (Phi) is 13.7. The van der Waals surface area contributed by atoms with Crippen LogP contribution in [0.4, 0.5) is 0 Å². The molecule has 0 amide bonds. The normalized spacial score (nSPS) is 24.9. The summed E-state index contributed by atoms with van der Waals surface area (Å²) in [6.07, 6.45) is 31.0. The van der Waals surface area contributed by atoms with Crippen molar-refractivity contribution in [2.75, 3.05) is 0 Å². The van der Waals surface area contributed by atoms with E-state index < -0.39 is 0 Å². The van der Waals surface area contributed by atoms with Gasteiger partial charge in [-0.25, -0.2) is 0 Å². The minimum atomic E-state index is -0.223. The van der Waals surface area contributed by atoms with E-state index in [4.69, 9.17) is 0 Å². The first-order valence-electron chi connectivity index (χ1n) is 15.8. The fourth-order valence-electron chi connectivity index (χ4n) is 6.36. The molecule has 2 N–H and O–H groups in total. The highest BCUT2D eigenvalue weighted by atomic mass is 16.3. The first-order chi connectivity index (χ1) is 19.6. The molecule has 0 aromatic heterocycles. The lowest BCUT2D eigenvalue weighted by atomic mass is 9.71. The van der Waals surface area contributed by atoms with E-state index >= 15 is 0 Å². The summed E-state index contributed by atoms with van der Waals surface area (Å²) in [5.74, 6) is 0. The molecular formula is C40H58O2. The molecule has 2 atom stereocenters. The maximum absolute atomic E-state index is 10.1. The average Bonchev–Trinajstić information content (AvgIpc) is 2.84. The average molecular weight is 571 g/mol. The molecule has 0 aromatic carbocycles. The molecule has 230 valence electrons. The van der Waals surface area contributed by atoms with E-state index in [0.717, 1.165) is 38.5 Å². The molecule has 0 bridgehead atoms. The third-order valence-electron chi connectivity index (χ3n) is 8.55. The summed E-state index contributed by atoms with van der Waals surface area (Å²) < 4.78 is 0. The Morgan fingerprint density at radius 1 is 0.667 bits per heavy atom. The summed E-state index contributed by atoms with van der Waals surface area (Å²) in [4.78, 5) is 0. The molecule has 0 unspecified atom stereocenters. The van der Waals surface area contributed by atoms with Gasteiger partial charge in [0, 0.05) is 0 Å². The van der Waals surface area contributed by atoms with Crippen LogP contribution in [0.15, 0.2) is 117 Å². The van der Waals surface area contributed by atoms with Crippen LogP contribution >= 0.6 is 0 Å². The van der Waals surface area contributed by atoms with Crippen molar-refractivity contribution in [3.8, 4) is 0 Å². The molecule has 2 nitrogen and oxygen atoms in total. The van der Waals surface area contributed by atoms with E-state index in [-0.39, 0.29) is 23.0 Å². The summed E-state index contributed by atoms with van der Waals surface area (Å²) in [5, 5.41) is 20.2. The predicted molar refractivity (Wildman–Crippen MR) is 184 cm³/mol. The summed E-state index contributed by atoms with van der Waals surface area (Å²) in [6.45, 7) is 21.8. The number of rotatable bonds is 11. The van der Waals surface area contributed by atoms with Crippen LogP contribution in [-0.2, 0) is 0 Å². The zero-order valence-electron chi connectivity index (χ0n) is 28.2. The number of hydrogen-bond donors (Lipinski definition) is 2. The lowest BCUT2D eigenvalue weighted by molar-refractivity contribution is 0.116. The molecule has 2 heteroatoms. The molecule has 0 fully saturated rings. The van der Waals surface area contributed by atoms with Crippen molar-refractivity contribution in [2.24, 2.45) is 10.8 Å². The van der Waals surface area contributed by atoms with Crippen LogP contribution in [0.25, 0.3) is 0 Å². The first-order valence-corrected chi connectivity index (χ1v) is 15.8. The van der Waals surface area contributed by atoms with Gasteiger partial charge in [-0.2, -0.15) is 0 Å². The predicted octanol–water partition coefficient (Wildman–Crippen LogP) is 10.8. The van der Waals surface area contributed by atoms with Gasteiger partial charge in [-0.05, 0) is 102 Å². The van der Waals surface area contributed by atoms with Crippen LogP contribution in [-0.4, -0.2) is 22.4 Å². The number of aliphatic hydroxyl groups excluding tert-OH is 2. The second-order valence-corrected chi connectivity index (χ2v) is 14.0. The van der Waals surface area contributed by atoms with Gasteiger partial charge in [0.25, 0.3) is 0 Å². The monoisotopic (exact) mass is 570 g/mol. The first kappa shape index (κ1) is 35.5. The van der Waals surface area contributed by atoms with Crippen LogP contribution in [0.3, 0.4) is 0 Å². The van der Waals surface area contributed by atoms with Gasteiger partial charge in [-0.15, -0.1) is 0 Å². The van der Waals surface area contributed by atoms with Crippen LogP contribution in [0.1, 0.15) is 108 Å². The van der Waals surface area contributed by atoms with Gasteiger partial charge in [0.15, 0.2) is 0 Å². The van der Waals surface area contributed by atoms with Gasteiger partial charge in [0.05, 0.1) is 12.2 Å². The molecule has 0 spiro atoms. The molecular weight excluding hydrogens is 512 g/mol. The smallest absolute Gasteiger partial charge is 0.0585 e. The van der Waals surface area contributed by atoms with Crippen molar-refractivity contribution in [1.82, 2.24) is 0 Å². The van der Waals surface area contributed by atoms with Gasteiger partial charge in [0.2, 0.25) is 0 Å². The van der Waals surface area contributed by atoms with Crippen molar-refractivity contribution < 1.29 is 10.2 Å². The number of aliphatic hydroxyl groups is 2. The molecule has 0 radical (unpaired) electrons. The Balaban J connectivity index is 1.85. The van der Waals surface area contributed by atoms with E-state index in [9.17, 15) is 10.2 Å². The van der Waals surface area contributed by atoms with Crippen LogP contribution in [0.5, 0.6) is 0 Å². The number of hydrogen-bond acceptors (Lipinski definition) is 2. The third-order valence-corrected chi connectivity index (χ3v) is 8.55. The second kappa shape index (κ2) is 16.2. The standard InChI is InChI=1S/C40H58O2/c1-29(17-13-19-31(3)21-23-37-33(5)25-35(41)27-39(37,7)8)15-11-12-16-30(2)18-14-20-32(4)22-24-38-34(6)26-36(42)28-40(38,9)10/h11-13,15-17,19-24,35-36,41-42H,14,18,25-28H2,1-10H3/b12-11+,17-13+,23-21+,24-22+,29-15+,30-16+,31-19+,32-20+/t35-,36-/m0/s1. The summed E-state index contributed by atoms with van der Waals surface area (Å²) in [7, 11) is 0. The molecule has 2 aliphatic carbocycles. The Labute approximate surface area is 258 Å². The molecule has 0 aliphatic heterocycles. The van der Waals surface area contributed by atoms with Crippen LogP contribution in [0, 0.1) is 10.8 Å². The van der Waals surface area contributed by atoms with Gasteiger partial charge in [0.1, 0.15) is 0 Å². The molecule has 42 heavy (non-hydrogen) atoms. The molecule has 2 aliphatic rings. The zero-order valence-corrected chi connectivity index (χ0v) is 28.2. The van der Waals surface area contributed by atoms with E-state index in [2.05, 4.69) is 142 Å². The van der Waals surface area contributed by atoms with E-state index in [1.807, 2.05) is 0 Å². The highest BCUT2D eigenvalue weighted by molar-refractivity contribution is 5.38. The minimum Gasteiger partial charge on any atom is -0.393 e. The highest BCUT2D eigenvalue weighted by Gasteiger charge is 2.32. The maximum atomic E-state index is 10.1. The van der Waals surface area contributed by atoms with Crippen molar-refractivity contribution in [2.45, 2.75) is 120 Å². The van der Waals surface area contributed by atoms with E-state index in [1.165, 1.54) is 44.6 Å². The van der Waals surface area contributed by atoms with E-state index in [1.54, 1.807) is 0 Å². The van der Waals surface area contributed by atoms with Crippen molar-refractivity contribution >= 4 is 0 Å². The van der Waals surface area contributed by atoms with Crippen molar-refractivity contribution in [1.29, 1.82) is 0 Å². The molecule has 0 heterocycles. The zero-order chi connectivity index (χ0) is 31.5. The lowest BCUT2D eigenvalue weighted by Gasteiger charge is -2.35. The Bertz CT molecular complexity index is 1240. The highest BCUT2D eigenvalue weighted by Crippen LogP contribution is 2.42. The maximum Gasteiger partial charge on any atom is 0.0585 e. The second-order valence-electron chi connectivity index (χ2n) is 14.0. The largest absolute Gasteiger partial charge is 0.393 e. The van der Waals surface area contributed by atoms with Gasteiger partial charge >= 0.3 is 0 Å². The quantitative estimate of drug-likeness (QED) is 0.243. The van der Waals surface area contributed by atoms with Crippen LogP contribution < -0.4 is 0 Å². The summed E-state index contributed by atoms with van der Waals surface area (Å²) in [5.41, 5.74) is 10.4. The Morgan fingerprint density at radius 3 is 1.64 bits per heavy atom. The fourth-order valence-corrected chi connectivity index (χ4v) is 6.36.